The monoisotopic (exact) mass is 333 g/mol. The summed E-state index contributed by atoms with van der Waals surface area (Å²) in [6.45, 7) is 4.55. The molecule has 1 nitrogen and oxygen atoms in total. The highest BCUT2D eigenvalue weighted by Gasteiger charge is 2.18. The van der Waals surface area contributed by atoms with Crippen molar-refractivity contribution in [3.63, 3.8) is 0 Å². The van der Waals surface area contributed by atoms with Crippen LogP contribution in [-0.4, -0.2) is 9.81 Å². The number of halogens is 1. The molecular formula is C18H24BrN. The van der Waals surface area contributed by atoms with Gasteiger partial charge in [0, 0.05) is 22.3 Å². The molecule has 1 aromatic carbocycles. The molecule has 20 heavy (non-hydrogen) atoms. The smallest absolute Gasteiger partial charge is 0.0705 e. The van der Waals surface area contributed by atoms with Crippen molar-refractivity contribution in [1.29, 1.82) is 0 Å². The Kier molecular flexibility index (Phi) is 6.03. The highest BCUT2D eigenvalue weighted by Crippen LogP contribution is 2.26. The predicted molar refractivity (Wildman–Crippen MR) is 91.5 cm³/mol. The van der Waals surface area contributed by atoms with Crippen LogP contribution in [0.4, 0.5) is 0 Å². The van der Waals surface area contributed by atoms with Gasteiger partial charge >= 0.3 is 0 Å². The van der Waals surface area contributed by atoms with Crippen LogP contribution in [0.2, 0.25) is 0 Å². The van der Waals surface area contributed by atoms with Gasteiger partial charge in [-0.05, 0) is 30.9 Å². The fourth-order valence-corrected chi connectivity index (χ4v) is 3.70. The first kappa shape index (κ1) is 15.5. The van der Waals surface area contributed by atoms with Crippen LogP contribution in [0.1, 0.15) is 45.2 Å². The van der Waals surface area contributed by atoms with E-state index >= 15 is 0 Å². The number of benzene rings is 1. The standard InChI is InChI=1S/C18H24BrN/c1-3-7-14(8-4-2)17(19)13-16-12-11-15-9-5-6-10-18(15)20-16/h5-6,9-12,14,17H,3-4,7-8,13H2,1-2H3. The molecule has 108 valence electrons. The molecule has 1 heterocycles. The molecule has 2 aromatic rings. The molecule has 1 atom stereocenters. The summed E-state index contributed by atoms with van der Waals surface area (Å²) in [6.07, 6.45) is 6.15. The first-order valence-electron chi connectivity index (χ1n) is 7.73. The van der Waals surface area contributed by atoms with Crippen LogP contribution in [0.3, 0.4) is 0 Å². The zero-order chi connectivity index (χ0) is 14.4. The number of rotatable bonds is 7. The molecule has 0 spiro atoms. The second-order valence-corrected chi connectivity index (χ2v) is 6.73. The Morgan fingerprint density at radius 1 is 1.00 bits per heavy atom. The number of hydrogen-bond acceptors (Lipinski definition) is 1. The van der Waals surface area contributed by atoms with E-state index < -0.39 is 0 Å². The minimum atomic E-state index is 0.538. The van der Waals surface area contributed by atoms with Crippen molar-refractivity contribution in [2.75, 3.05) is 0 Å². The number of aromatic nitrogens is 1. The van der Waals surface area contributed by atoms with E-state index in [0.717, 1.165) is 17.9 Å². The Morgan fingerprint density at radius 2 is 1.70 bits per heavy atom. The van der Waals surface area contributed by atoms with Gasteiger partial charge in [-0.3, -0.25) is 4.98 Å². The third kappa shape index (κ3) is 4.05. The summed E-state index contributed by atoms with van der Waals surface area (Å²) in [7, 11) is 0. The highest BCUT2D eigenvalue weighted by molar-refractivity contribution is 9.09. The lowest BCUT2D eigenvalue weighted by Crippen LogP contribution is -2.17. The van der Waals surface area contributed by atoms with E-state index in [2.05, 4.69) is 66.2 Å². The lowest BCUT2D eigenvalue weighted by molar-refractivity contribution is 0.425. The van der Waals surface area contributed by atoms with Crippen LogP contribution in [-0.2, 0) is 6.42 Å². The lowest BCUT2D eigenvalue weighted by atomic mass is 9.92. The van der Waals surface area contributed by atoms with E-state index in [4.69, 9.17) is 4.98 Å². The molecule has 2 rings (SSSR count). The number of fused-ring (bicyclic) bond motifs is 1. The van der Waals surface area contributed by atoms with Gasteiger partial charge in [-0.25, -0.2) is 0 Å². The largest absolute Gasteiger partial charge is 0.253 e. The quantitative estimate of drug-likeness (QED) is 0.587. The minimum Gasteiger partial charge on any atom is -0.253 e. The van der Waals surface area contributed by atoms with Gasteiger partial charge in [0.05, 0.1) is 5.52 Å². The van der Waals surface area contributed by atoms with Gasteiger partial charge in [0.2, 0.25) is 0 Å². The van der Waals surface area contributed by atoms with Crippen molar-refractivity contribution in [1.82, 2.24) is 4.98 Å². The summed E-state index contributed by atoms with van der Waals surface area (Å²) in [5.74, 6) is 0.762. The van der Waals surface area contributed by atoms with Crippen LogP contribution in [0, 0.1) is 5.92 Å². The Morgan fingerprint density at radius 3 is 2.40 bits per heavy atom. The van der Waals surface area contributed by atoms with E-state index in [1.807, 2.05) is 0 Å². The summed E-state index contributed by atoms with van der Waals surface area (Å²) in [5.41, 5.74) is 2.30. The van der Waals surface area contributed by atoms with Gasteiger partial charge in [0.15, 0.2) is 0 Å². The third-order valence-corrected chi connectivity index (χ3v) is 4.96. The fourth-order valence-electron chi connectivity index (χ4n) is 2.84. The number of alkyl halides is 1. The van der Waals surface area contributed by atoms with Gasteiger partial charge in [0.25, 0.3) is 0 Å². The average Bonchev–Trinajstić information content (AvgIpc) is 2.47. The van der Waals surface area contributed by atoms with Crippen LogP contribution in [0.25, 0.3) is 10.9 Å². The second kappa shape index (κ2) is 7.78. The van der Waals surface area contributed by atoms with Gasteiger partial charge in [-0.2, -0.15) is 0 Å². The Bertz CT molecular complexity index is 532. The van der Waals surface area contributed by atoms with Crippen LogP contribution < -0.4 is 0 Å². The average molecular weight is 334 g/mol. The molecular weight excluding hydrogens is 310 g/mol. The molecule has 0 saturated heterocycles. The number of para-hydroxylation sites is 1. The maximum absolute atomic E-state index is 4.79. The van der Waals surface area contributed by atoms with E-state index in [1.165, 1.54) is 36.8 Å². The van der Waals surface area contributed by atoms with Crippen LogP contribution in [0.15, 0.2) is 36.4 Å². The Balaban J connectivity index is 2.09. The van der Waals surface area contributed by atoms with Gasteiger partial charge in [-0.15, -0.1) is 0 Å². The fraction of sp³-hybridized carbons (Fsp3) is 0.500. The van der Waals surface area contributed by atoms with Crippen molar-refractivity contribution in [3.8, 4) is 0 Å². The molecule has 0 bridgehead atoms. The number of pyridine rings is 1. The Labute approximate surface area is 130 Å². The minimum absolute atomic E-state index is 0.538. The second-order valence-electron chi connectivity index (χ2n) is 5.55. The topological polar surface area (TPSA) is 12.9 Å². The maximum Gasteiger partial charge on any atom is 0.0705 e. The first-order chi connectivity index (χ1) is 9.74. The van der Waals surface area contributed by atoms with Crippen molar-refractivity contribution in [2.24, 2.45) is 5.92 Å². The highest BCUT2D eigenvalue weighted by atomic mass is 79.9. The molecule has 0 saturated carbocycles. The van der Waals surface area contributed by atoms with Crippen molar-refractivity contribution >= 4 is 26.8 Å². The molecule has 1 aromatic heterocycles. The summed E-state index contributed by atoms with van der Waals surface area (Å²) in [5, 5.41) is 1.22. The first-order valence-corrected chi connectivity index (χ1v) is 8.64. The van der Waals surface area contributed by atoms with Gasteiger partial charge < -0.3 is 0 Å². The van der Waals surface area contributed by atoms with E-state index in [9.17, 15) is 0 Å². The molecule has 0 fully saturated rings. The van der Waals surface area contributed by atoms with Crippen molar-refractivity contribution in [2.45, 2.75) is 50.8 Å². The molecule has 0 aliphatic carbocycles. The molecule has 0 amide bonds. The van der Waals surface area contributed by atoms with Crippen LogP contribution in [0.5, 0.6) is 0 Å². The summed E-state index contributed by atoms with van der Waals surface area (Å²) in [6, 6.07) is 12.7. The summed E-state index contributed by atoms with van der Waals surface area (Å²) < 4.78 is 0. The molecule has 0 aliphatic heterocycles. The normalized spacial score (nSPS) is 13.0. The molecule has 1 unspecified atom stereocenters. The summed E-state index contributed by atoms with van der Waals surface area (Å²) in [4.78, 5) is 5.33. The maximum atomic E-state index is 4.79. The van der Waals surface area contributed by atoms with Crippen molar-refractivity contribution < 1.29 is 0 Å². The van der Waals surface area contributed by atoms with E-state index in [1.54, 1.807) is 0 Å². The van der Waals surface area contributed by atoms with E-state index in [-0.39, 0.29) is 0 Å². The zero-order valence-corrected chi connectivity index (χ0v) is 14.1. The SMILES string of the molecule is CCCC(CCC)C(Br)Cc1ccc2ccccc2n1. The lowest BCUT2D eigenvalue weighted by Gasteiger charge is -2.21. The van der Waals surface area contributed by atoms with Gasteiger partial charge in [0.1, 0.15) is 0 Å². The molecule has 0 aliphatic rings. The molecule has 2 heteroatoms. The van der Waals surface area contributed by atoms with Crippen LogP contribution >= 0.6 is 15.9 Å². The molecule has 0 N–H and O–H groups in total. The third-order valence-electron chi connectivity index (χ3n) is 3.89. The predicted octanol–water partition coefficient (Wildman–Crippen LogP) is 5.76. The van der Waals surface area contributed by atoms with E-state index in [0.29, 0.717) is 4.83 Å². The number of hydrogen-bond donors (Lipinski definition) is 0. The molecule has 0 radical (unpaired) electrons. The number of nitrogens with zero attached hydrogens (tertiary/aromatic N) is 1. The van der Waals surface area contributed by atoms with Gasteiger partial charge in [-0.1, -0.05) is 66.9 Å². The Hall–Kier alpha value is -0.890. The zero-order valence-electron chi connectivity index (χ0n) is 12.5. The summed E-state index contributed by atoms with van der Waals surface area (Å²) >= 11 is 3.91. The van der Waals surface area contributed by atoms with Crippen molar-refractivity contribution in [3.05, 3.63) is 42.1 Å².